The Bertz CT molecular complexity index is 636. The van der Waals surface area contributed by atoms with Gasteiger partial charge in [0, 0.05) is 18.0 Å². The van der Waals surface area contributed by atoms with Crippen molar-refractivity contribution in [1.82, 2.24) is 0 Å². The van der Waals surface area contributed by atoms with Gasteiger partial charge >= 0.3 is 0 Å². The second-order valence-corrected chi connectivity index (χ2v) is 5.57. The van der Waals surface area contributed by atoms with Crippen LogP contribution in [0.4, 0.5) is 10.1 Å². The lowest BCUT2D eigenvalue weighted by Crippen LogP contribution is -2.38. The van der Waals surface area contributed by atoms with E-state index in [4.69, 9.17) is 10.00 Å². The first-order chi connectivity index (χ1) is 9.78. The molecular formula is C15H13FN2OS. The summed E-state index contributed by atoms with van der Waals surface area (Å²) in [4.78, 5) is 3.27. The van der Waals surface area contributed by atoms with Crippen molar-refractivity contribution >= 4 is 17.0 Å². The molecule has 20 heavy (non-hydrogen) atoms. The third-order valence-electron chi connectivity index (χ3n) is 3.35. The zero-order valence-corrected chi connectivity index (χ0v) is 11.6. The van der Waals surface area contributed by atoms with E-state index in [1.807, 2.05) is 11.4 Å². The van der Waals surface area contributed by atoms with E-state index in [0.29, 0.717) is 25.3 Å². The van der Waals surface area contributed by atoms with Gasteiger partial charge in [-0.05, 0) is 29.6 Å². The maximum Gasteiger partial charge on any atom is 0.124 e. The third kappa shape index (κ3) is 2.53. The number of benzene rings is 1. The quantitative estimate of drug-likeness (QED) is 0.850. The fourth-order valence-corrected chi connectivity index (χ4v) is 3.15. The van der Waals surface area contributed by atoms with Crippen molar-refractivity contribution in [2.45, 2.75) is 6.10 Å². The maximum absolute atomic E-state index is 13.2. The molecule has 2 aromatic rings. The van der Waals surface area contributed by atoms with Gasteiger partial charge < -0.3 is 9.64 Å². The van der Waals surface area contributed by atoms with E-state index < -0.39 is 0 Å². The Morgan fingerprint density at radius 2 is 2.30 bits per heavy atom. The minimum Gasteiger partial charge on any atom is -0.369 e. The van der Waals surface area contributed by atoms with E-state index >= 15 is 0 Å². The van der Waals surface area contributed by atoms with Crippen LogP contribution in [-0.4, -0.2) is 19.7 Å². The van der Waals surface area contributed by atoms with Gasteiger partial charge in [-0.3, -0.25) is 0 Å². The lowest BCUT2D eigenvalue weighted by molar-refractivity contribution is 0.0421. The second kappa shape index (κ2) is 5.61. The largest absolute Gasteiger partial charge is 0.369 e. The lowest BCUT2D eigenvalue weighted by Gasteiger charge is -2.34. The zero-order chi connectivity index (χ0) is 13.9. The molecule has 3 nitrogen and oxygen atoms in total. The number of nitriles is 1. The summed E-state index contributed by atoms with van der Waals surface area (Å²) in [6.07, 6.45) is 0.0142. The van der Waals surface area contributed by atoms with Crippen molar-refractivity contribution in [2.24, 2.45) is 0 Å². The number of ether oxygens (including phenoxy) is 1. The van der Waals surface area contributed by atoms with Crippen LogP contribution in [0.3, 0.4) is 0 Å². The average Bonchev–Trinajstić information content (AvgIpc) is 3.01. The summed E-state index contributed by atoms with van der Waals surface area (Å²) in [6.45, 7) is 1.99. The van der Waals surface area contributed by atoms with Crippen molar-refractivity contribution < 1.29 is 9.13 Å². The van der Waals surface area contributed by atoms with Crippen LogP contribution in [0.2, 0.25) is 0 Å². The molecule has 0 bridgehead atoms. The first kappa shape index (κ1) is 13.1. The first-order valence-corrected chi connectivity index (χ1v) is 7.25. The SMILES string of the molecule is N#Cc1cc(F)ccc1N1CCOC(c2cccs2)C1. The molecule has 2 heterocycles. The average molecular weight is 288 g/mol. The molecule has 0 aliphatic carbocycles. The van der Waals surface area contributed by atoms with Crippen molar-refractivity contribution in [3.8, 4) is 6.07 Å². The molecule has 1 aromatic carbocycles. The lowest BCUT2D eigenvalue weighted by atomic mass is 10.1. The minimum absolute atomic E-state index is 0.0142. The van der Waals surface area contributed by atoms with Gasteiger partial charge in [-0.25, -0.2) is 4.39 Å². The number of morpholine rings is 1. The number of hydrogen-bond donors (Lipinski definition) is 0. The zero-order valence-electron chi connectivity index (χ0n) is 10.8. The van der Waals surface area contributed by atoms with Gasteiger partial charge in [0.25, 0.3) is 0 Å². The second-order valence-electron chi connectivity index (χ2n) is 4.59. The monoisotopic (exact) mass is 288 g/mol. The molecule has 102 valence electrons. The van der Waals surface area contributed by atoms with E-state index in [1.165, 1.54) is 17.0 Å². The highest BCUT2D eigenvalue weighted by molar-refractivity contribution is 7.10. The van der Waals surface area contributed by atoms with Crippen LogP contribution in [0.1, 0.15) is 16.5 Å². The topological polar surface area (TPSA) is 36.3 Å². The predicted molar refractivity (Wildman–Crippen MR) is 76.3 cm³/mol. The summed E-state index contributed by atoms with van der Waals surface area (Å²) in [5.41, 5.74) is 1.15. The number of thiophene rings is 1. The van der Waals surface area contributed by atoms with Crippen molar-refractivity contribution in [3.63, 3.8) is 0 Å². The Balaban J connectivity index is 1.86. The minimum atomic E-state index is -0.381. The Hall–Kier alpha value is -1.90. The molecule has 3 rings (SSSR count). The number of anilines is 1. The molecule has 0 N–H and O–H groups in total. The van der Waals surface area contributed by atoms with E-state index in [2.05, 4.69) is 17.0 Å². The Morgan fingerprint density at radius 1 is 1.40 bits per heavy atom. The smallest absolute Gasteiger partial charge is 0.124 e. The van der Waals surface area contributed by atoms with Crippen LogP contribution >= 0.6 is 11.3 Å². The molecular weight excluding hydrogens is 275 g/mol. The number of halogens is 1. The van der Waals surface area contributed by atoms with Gasteiger partial charge in [-0.2, -0.15) is 5.26 Å². The van der Waals surface area contributed by atoms with Crippen molar-refractivity contribution in [2.75, 3.05) is 24.6 Å². The van der Waals surface area contributed by atoms with Gasteiger partial charge in [0.1, 0.15) is 18.0 Å². The van der Waals surface area contributed by atoms with Gasteiger partial charge in [0.15, 0.2) is 0 Å². The molecule has 1 unspecified atom stereocenters. The summed E-state index contributed by atoms with van der Waals surface area (Å²) < 4.78 is 19.0. The number of nitrogens with zero attached hydrogens (tertiary/aromatic N) is 2. The highest BCUT2D eigenvalue weighted by atomic mass is 32.1. The maximum atomic E-state index is 13.2. The Morgan fingerprint density at radius 3 is 3.05 bits per heavy atom. The van der Waals surface area contributed by atoms with E-state index in [1.54, 1.807) is 17.4 Å². The fourth-order valence-electron chi connectivity index (χ4n) is 2.39. The van der Waals surface area contributed by atoms with Crippen LogP contribution in [-0.2, 0) is 4.74 Å². The van der Waals surface area contributed by atoms with Crippen LogP contribution in [0.15, 0.2) is 35.7 Å². The molecule has 5 heteroatoms. The van der Waals surface area contributed by atoms with E-state index in [0.717, 1.165) is 5.69 Å². The predicted octanol–water partition coefficient (Wildman–Crippen LogP) is 3.34. The number of rotatable bonds is 2. The molecule has 1 aliphatic rings. The molecule has 0 spiro atoms. The summed E-state index contributed by atoms with van der Waals surface area (Å²) in [5.74, 6) is -0.381. The summed E-state index contributed by atoms with van der Waals surface area (Å²) in [5, 5.41) is 11.2. The van der Waals surface area contributed by atoms with Gasteiger partial charge in [0.2, 0.25) is 0 Å². The molecule has 1 fully saturated rings. The summed E-state index contributed by atoms with van der Waals surface area (Å²) >= 11 is 1.66. The van der Waals surface area contributed by atoms with E-state index in [9.17, 15) is 4.39 Å². The van der Waals surface area contributed by atoms with Crippen LogP contribution in [0, 0.1) is 17.1 Å². The van der Waals surface area contributed by atoms with Crippen LogP contribution in [0.25, 0.3) is 0 Å². The van der Waals surface area contributed by atoms with Gasteiger partial charge in [-0.1, -0.05) is 6.07 Å². The molecule has 0 amide bonds. The van der Waals surface area contributed by atoms with Crippen LogP contribution in [0.5, 0.6) is 0 Å². The first-order valence-electron chi connectivity index (χ1n) is 6.37. The van der Waals surface area contributed by atoms with Gasteiger partial charge in [0.05, 0.1) is 17.9 Å². The third-order valence-corrected chi connectivity index (χ3v) is 4.31. The van der Waals surface area contributed by atoms with Crippen molar-refractivity contribution in [3.05, 3.63) is 52.0 Å². The van der Waals surface area contributed by atoms with Gasteiger partial charge in [-0.15, -0.1) is 11.3 Å². The highest BCUT2D eigenvalue weighted by Crippen LogP contribution is 2.30. The fraction of sp³-hybridized carbons (Fsp3) is 0.267. The number of hydrogen-bond acceptors (Lipinski definition) is 4. The van der Waals surface area contributed by atoms with Crippen LogP contribution < -0.4 is 4.90 Å². The molecule has 1 aliphatic heterocycles. The molecule has 1 atom stereocenters. The Kier molecular flexibility index (Phi) is 3.68. The highest BCUT2D eigenvalue weighted by Gasteiger charge is 2.24. The molecule has 0 radical (unpaired) electrons. The normalized spacial score (nSPS) is 18.8. The standard InChI is InChI=1S/C15H13FN2OS/c16-12-3-4-13(11(8-12)9-17)18-5-6-19-14(10-18)15-2-1-7-20-15/h1-4,7-8,14H,5-6,10H2. The summed E-state index contributed by atoms with van der Waals surface area (Å²) in [7, 11) is 0. The molecule has 1 saturated heterocycles. The molecule has 1 aromatic heterocycles. The summed E-state index contributed by atoms with van der Waals surface area (Å²) in [6, 6.07) is 10.5. The van der Waals surface area contributed by atoms with Crippen molar-refractivity contribution in [1.29, 1.82) is 5.26 Å². The Labute approximate surface area is 120 Å². The molecule has 0 saturated carbocycles. The van der Waals surface area contributed by atoms with E-state index in [-0.39, 0.29) is 11.9 Å².